The molecule has 2 aromatic carbocycles. The van der Waals surface area contributed by atoms with E-state index in [0.29, 0.717) is 0 Å². The molecule has 0 saturated carbocycles. The number of rotatable bonds is 5. The summed E-state index contributed by atoms with van der Waals surface area (Å²) >= 11 is 0. The third kappa shape index (κ3) is 2.69. The second-order valence-electron chi connectivity index (χ2n) is 5.55. The second kappa shape index (κ2) is 6.61. The zero-order valence-corrected chi connectivity index (χ0v) is 13.0. The molecule has 22 heavy (non-hydrogen) atoms. The lowest BCUT2D eigenvalue weighted by Gasteiger charge is -2.30. The molecule has 0 N–H and O–H groups in total. The maximum Gasteiger partial charge on any atom is 0.101 e. The van der Waals surface area contributed by atoms with Gasteiger partial charge in [0.2, 0.25) is 0 Å². The van der Waals surface area contributed by atoms with Crippen molar-refractivity contribution in [2.45, 2.75) is 25.4 Å². The lowest BCUT2D eigenvalue weighted by Crippen LogP contribution is -2.31. The topological polar surface area (TPSA) is 15.6 Å². The second-order valence-corrected chi connectivity index (χ2v) is 5.55. The molecule has 112 valence electrons. The highest BCUT2D eigenvalue weighted by Gasteiger charge is 2.36. The predicted molar refractivity (Wildman–Crippen MR) is 93.0 cm³/mol. The quantitative estimate of drug-likeness (QED) is 0.724. The van der Waals surface area contributed by atoms with Gasteiger partial charge in [0, 0.05) is 13.0 Å². The van der Waals surface area contributed by atoms with E-state index in [2.05, 4.69) is 79.1 Å². The summed E-state index contributed by atoms with van der Waals surface area (Å²) in [5.41, 5.74) is 2.58. The molecule has 2 atom stereocenters. The van der Waals surface area contributed by atoms with Crippen molar-refractivity contribution in [3.8, 4) is 0 Å². The van der Waals surface area contributed by atoms with Gasteiger partial charge in [-0.3, -0.25) is 4.99 Å². The SMILES string of the molecule is C=CCN1C(CC)=N[C@H](c2ccccc2)[C@H]1c1ccccc1. The average molecular weight is 290 g/mol. The fourth-order valence-corrected chi connectivity index (χ4v) is 3.21. The smallest absolute Gasteiger partial charge is 0.101 e. The molecular formula is C20H22N2. The van der Waals surface area contributed by atoms with Crippen molar-refractivity contribution in [3.63, 3.8) is 0 Å². The Labute approximate surface area is 132 Å². The molecule has 0 aromatic heterocycles. The summed E-state index contributed by atoms with van der Waals surface area (Å²) in [4.78, 5) is 7.42. The van der Waals surface area contributed by atoms with E-state index in [4.69, 9.17) is 4.99 Å². The molecular weight excluding hydrogens is 268 g/mol. The van der Waals surface area contributed by atoms with Crippen LogP contribution in [0.5, 0.6) is 0 Å². The van der Waals surface area contributed by atoms with Gasteiger partial charge in [-0.2, -0.15) is 0 Å². The van der Waals surface area contributed by atoms with Crippen molar-refractivity contribution in [1.29, 1.82) is 0 Å². The number of amidine groups is 1. The predicted octanol–water partition coefficient (Wildman–Crippen LogP) is 4.78. The molecule has 2 nitrogen and oxygen atoms in total. The van der Waals surface area contributed by atoms with Crippen LogP contribution < -0.4 is 0 Å². The van der Waals surface area contributed by atoms with Crippen molar-refractivity contribution in [3.05, 3.63) is 84.4 Å². The first-order valence-electron chi connectivity index (χ1n) is 7.89. The zero-order chi connectivity index (χ0) is 15.4. The van der Waals surface area contributed by atoms with E-state index in [9.17, 15) is 0 Å². The van der Waals surface area contributed by atoms with Crippen LogP contribution in [-0.2, 0) is 0 Å². The Hall–Kier alpha value is -2.35. The first kappa shape index (κ1) is 14.6. The molecule has 0 aliphatic carbocycles. The minimum atomic E-state index is 0.151. The van der Waals surface area contributed by atoms with E-state index in [1.165, 1.54) is 17.0 Å². The molecule has 2 aromatic rings. The number of benzene rings is 2. The zero-order valence-electron chi connectivity index (χ0n) is 13.0. The normalized spacial score (nSPS) is 20.8. The van der Waals surface area contributed by atoms with Gasteiger partial charge in [-0.1, -0.05) is 73.7 Å². The molecule has 0 unspecified atom stereocenters. The van der Waals surface area contributed by atoms with Gasteiger partial charge >= 0.3 is 0 Å². The highest BCUT2D eigenvalue weighted by Crippen LogP contribution is 2.42. The van der Waals surface area contributed by atoms with Gasteiger partial charge in [0.15, 0.2) is 0 Å². The highest BCUT2D eigenvalue weighted by molar-refractivity contribution is 5.85. The van der Waals surface area contributed by atoms with Crippen LogP contribution in [0.15, 0.2) is 78.3 Å². The third-order valence-electron chi connectivity index (χ3n) is 4.18. The van der Waals surface area contributed by atoms with E-state index < -0.39 is 0 Å². The van der Waals surface area contributed by atoms with E-state index in [1.54, 1.807) is 0 Å². The Morgan fingerprint density at radius 3 is 2.14 bits per heavy atom. The number of hydrogen-bond acceptors (Lipinski definition) is 2. The maximum absolute atomic E-state index is 5.03. The van der Waals surface area contributed by atoms with Gasteiger partial charge in [-0.25, -0.2) is 0 Å². The molecule has 1 heterocycles. The van der Waals surface area contributed by atoms with Crippen molar-refractivity contribution < 1.29 is 0 Å². The van der Waals surface area contributed by atoms with Crippen LogP contribution in [0.25, 0.3) is 0 Å². The molecule has 0 saturated heterocycles. The van der Waals surface area contributed by atoms with E-state index in [0.717, 1.165) is 13.0 Å². The highest BCUT2D eigenvalue weighted by atomic mass is 15.3. The van der Waals surface area contributed by atoms with Crippen LogP contribution in [0.1, 0.15) is 36.6 Å². The Morgan fingerprint density at radius 1 is 1.00 bits per heavy atom. The summed E-state index contributed by atoms with van der Waals surface area (Å²) in [7, 11) is 0. The standard InChI is InChI=1S/C20H22N2/c1-3-15-22-18(4-2)21-19(16-11-7-5-8-12-16)20(22)17-13-9-6-10-14-17/h3,5-14,19-20H,1,4,15H2,2H3/t19-,20-/m1/s1. The first-order chi connectivity index (χ1) is 10.8. The fraction of sp³-hybridized carbons (Fsp3) is 0.250. The molecule has 0 spiro atoms. The molecule has 1 aliphatic heterocycles. The van der Waals surface area contributed by atoms with Crippen molar-refractivity contribution in [1.82, 2.24) is 4.90 Å². The summed E-state index contributed by atoms with van der Waals surface area (Å²) < 4.78 is 0. The van der Waals surface area contributed by atoms with Crippen LogP contribution >= 0.6 is 0 Å². The Balaban J connectivity index is 2.05. The monoisotopic (exact) mass is 290 g/mol. The largest absolute Gasteiger partial charge is 0.347 e. The van der Waals surface area contributed by atoms with Gasteiger partial charge in [0.25, 0.3) is 0 Å². The van der Waals surface area contributed by atoms with Crippen LogP contribution in [0.3, 0.4) is 0 Å². The lowest BCUT2D eigenvalue weighted by atomic mass is 9.94. The number of aliphatic imine (C=N–C) groups is 1. The summed E-state index contributed by atoms with van der Waals surface area (Å²) in [5.74, 6) is 1.17. The fourth-order valence-electron chi connectivity index (χ4n) is 3.21. The summed E-state index contributed by atoms with van der Waals surface area (Å²) in [5, 5.41) is 0. The Bertz CT molecular complexity index is 646. The summed E-state index contributed by atoms with van der Waals surface area (Å²) in [6.07, 6.45) is 2.91. The molecule has 2 heteroatoms. The van der Waals surface area contributed by atoms with Crippen LogP contribution in [0, 0.1) is 0 Å². The van der Waals surface area contributed by atoms with Crippen molar-refractivity contribution >= 4 is 5.84 Å². The van der Waals surface area contributed by atoms with Crippen LogP contribution in [0.4, 0.5) is 0 Å². The van der Waals surface area contributed by atoms with E-state index >= 15 is 0 Å². The van der Waals surface area contributed by atoms with Crippen LogP contribution in [-0.4, -0.2) is 17.3 Å². The third-order valence-corrected chi connectivity index (χ3v) is 4.18. The lowest BCUT2D eigenvalue weighted by molar-refractivity contribution is 0.334. The summed E-state index contributed by atoms with van der Waals surface area (Å²) in [6, 6.07) is 21.7. The molecule has 0 amide bonds. The van der Waals surface area contributed by atoms with Gasteiger partial charge in [0.05, 0.1) is 6.04 Å². The summed E-state index contributed by atoms with van der Waals surface area (Å²) in [6.45, 7) is 6.92. The van der Waals surface area contributed by atoms with Crippen molar-refractivity contribution in [2.75, 3.05) is 6.54 Å². The maximum atomic E-state index is 5.03. The average Bonchev–Trinajstić information content (AvgIpc) is 2.95. The molecule has 3 rings (SSSR count). The minimum absolute atomic E-state index is 0.151. The van der Waals surface area contributed by atoms with Crippen LogP contribution in [0.2, 0.25) is 0 Å². The first-order valence-corrected chi connectivity index (χ1v) is 7.89. The van der Waals surface area contributed by atoms with Gasteiger partial charge in [0.1, 0.15) is 11.9 Å². The molecule has 0 radical (unpaired) electrons. The van der Waals surface area contributed by atoms with Gasteiger partial charge in [-0.15, -0.1) is 6.58 Å². The molecule has 1 aliphatic rings. The molecule has 0 bridgehead atoms. The van der Waals surface area contributed by atoms with E-state index in [-0.39, 0.29) is 12.1 Å². The van der Waals surface area contributed by atoms with Gasteiger partial charge < -0.3 is 4.90 Å². The van der Waals surface area contributed by atoms with E-state index in [1.807, 2.05) is 6.08 Å². The molecule has 0 fully saturated rings. The van der Waals surface area contributed by atoms with Gasteiger partial charge in [-0.05, 0) is 11.1 Å². The number of hydrogen-bond donors (Lipinski definition) is 0. The number of nitrogens with zero attached hydrogens (tertiary/aromatic N) is 2. The Morgan fingerprint density at radius 2 is 1.59 bits per heavy atom. The Kier molecular flexibility index (Phi) is 4.38. The van der Waals surface area contributed by atoms with Crippen molar-refractivity contribution in [2.24, 2.45) is 4.99 Å². The minimum Gasteiger partial charge on any atom is -0.347 e.